The minimum absolute atomic E-state index is 0.142. The van der Waals surface area contributed by atoms with Crippen LogP contribution in [0.4, 0.5) is 5.95 Å². The number of morpholine rings is 1. The molecule has 1 fully saturated rings. The zero-order chi connectivity index (χ0) is 12.9. The summed E-state index contributed by atoms with van der Waals surface area (Å²) in [5, 5.41) is 15.9. The number of aromatic nitrogens is 4. The van der Waals surface area contributed by atoms with Crippen LogP contribution in [0.15, 0.2) is 30.3 Å². The fraction of sp³-hybridized carbons (Fsp3) is 0.333. The predicted molar refractivity (Wildman–Crippen MR) is 67.2 cm³/mol. The van der Waals surface area contributed by atoms with Crippen LogP contribution in [0.2, 0.25) is 0 Å². The summed E-state index contributed by atoms with van der Waals surface area (Å²) in [4.78, 5) is 1.98. The third-order valence-electron chi connectivity index (χ3n) is 2.70. The number of rotatable bonds is 3. The van der Waals surface area contributed by atoms with Crippen molar-refractivity contribution in [3.05, 3.63) is 30.3 Å². The summed E-state index contributed by atoms with van der Waals surface area (Å²) >= 11 is 0. The Labute approximate surface area is 110 Å². The van der Waals surface area contributed by atoms with Crippen molar-refractivity contribution in [2.45, 2.75) is 0 Å². The highest BCUT2D eigenvalue weighted by Gasteiger charge is 2.15. The minimum Gasteiger partial charge on any atom is -0.422 e. The highest BCUT2D eigenvalue weighted by molar-refractivity contribution is 5.27. The Morgan fingerprint density at radius 2 is 1.63 bits per heavy atom. The Morgan fingerprint density at radius 3 is 2.32 bits per heavy atom. The molecule has 98 valence electrons. The van der Waals surface area contributed by atoms with Gasteiger partial charge in [0.15, 0.2) is 0 Å². The van der Waals surface area contributed by atoms with E-state index < -0.39 is 0 Å². The second kappa shape index (κ2) is 5.57. The molecular weight excluding hydrogens is 246 g/mol. The van der Waals surface area contributed by atoms with Crippen LogP contribution < -0.4 is 9.64 Å². The van der Waals surface area contributed by atoms with E-state index in [-0.39, 0.29) is 6.01 Å². The van der Waals surface area contributed by atoms with Crippen molar-refractivity contribution in [3.8, 4) is 11.8 Å². The summed E-state index contributed by atoms with van der Waals surface area (Å²) in [5.74, 6) is 1.16. The zero-order valence-corrected chi connectivity index (χ0v) is 10.3. The van der Waals surface area contributed by atoms with Gasteiger partial charge in [-0.15, -0.1) is 10.2 Å². The number of benzene rings is 1. The van der Waals surface area contributed by atoms with Gasteiger partial charge in [0.05, 0.1) is 13.2 Å². The lowest BCUT2D eigenvalue weighted by Crippen LogP contribution is -2.37. The second-order valence-electron chi connectivity index (χ2n) is 4.00. The molecule has 0 bridgehead atoms. The molecule has 2 aromatic rings. The number of hydrogen-bond acceptors (Lipinski definition) is 7. The molecular formula is C12H13N5O2. The van der Waals surface area contributed by atoms with Crippen molar-refractivity contribution < 1.29 is 9.47 Å². The Morgan fingerprint density at radius 1 is 0.947 bits per heavy atom. The Kier molecular flexibility index (Phi) is 3.46. The van der Waals surface area contributed by atoms with Crippen molar-refractivity contribution in [2.75, 3.05) is 31.2 Å². The second-order valence-corrected chi connectivity index (χ2v) is 4.00. The van der Waals surface area contributed by atoms with Gasteiger partial charge in [0.25, 0.3) is 5.95 Å². The van der Waals surface area contributed by atoms with E-state index in [9.17, 15) is 0 Å². The van der Waals surface area contributed by atoms with Gasteiger partial charge < -0.3 is 14.4 Å². The van der Waals surface area contributed by atoms with Crippen LogP contribution in [0.3, 0.4) is 0 Å². The first-order chi connectivity index (χ1) is 9.42. The number of hydrogen-bond donors (Lipinski definition) is 0. The van der Waals surface area contributed by atoms with Crippen LogP contribution in [0.1, 0.15) is 0 Å². The molecule has 0 spiro atoms. The first-order valence-corrected chi connectivity index (χ1v) is 6.05. The molecule has 0 atom stereocenters. The van der Waals surface area contributed by atoms with Gasteiger partial charge in [-0.25, -0.2) is 0 Å². The lowest BCUT2D eigenvalue weighted by molar-refractivity contribution is 0.121. The zero-order valence-electron chi connectivity index (χ0n) is 10.3. The van der Waals surface area contributed by atoms with Crippen LogP contribution >= 0.6 is 0 Å². The maximum absolute atomic E-state index is 5.43. The summed E-state index contributed by atoms with van der Waals surface area (Å²) < 4.78 is 10.7. The maximum atomic E-state index is 5.43. The molecule has 1 aliphatic heterocycles. The minimum atomic E-state index is 0.142. The average Bonchev–Trinajstić information content (AvgIpc) is 2.50. The molecule has 1 aromatic heterocycles. The summed E-state index contributed by atoms with van der Waals surface area (Å²) in [5.41, 5.74) is 0. The quantitative estimate of drug-likeness (QED) is 0.810. The molecule has 0 amide bonds. The van der Waals surface area contributed by atoms with Crippen LogP contribution in [0, 0.1) is 0 Å². The van der Waals surface area contributed by atoms with Gasteiger partial charge in [0.2, 0.25) is 0 Å². The molecule has 0 unspecified atom stereocenters. The molecule has 7 nitrogen and oxygen atoms in total. The smallest absolute Gasteiger partial charge is 0.360 e. The SMILES string of the molecule is c1ccc(Oc2nnc(N3CCOCC3)nn2)cc1. The molecule has 7 heteroatoms. The molecule has 2 heterocycles. The lowest BCUT2D eigenvalue weighted by atomic mass is 10.3. The number of anilines is 1. The van der Waals surface area contributed by atoms with E-state index in [1.165, 1.54) is 0 Å². The van der Waals surface area contributed by atoms with Crippen LogP contribution in [-0.2, 0) is 4.74 Å². The summed E-state index contributed by atoms with van der Waals surface area (Å²) in [6.07, 6.45) is 0. The topological polar surface area (TPSA) is 73.3 Å². The van der Waals surface area contributed by atoms with E-state index in [0.29, 0.717) is 24.9 Å². The Hall–Kier alpha value is -2.28. The highest BCUT2D eigenvalue weighted by Crippen LogP contribution is 2.16. The average molecular weight is 259 g/mol. The van der Waals surface area contributed by atoms with E-state index in [1.807, 2.05) is 35.2 Å². The standard InChI is InChI=1S/C12H13N5O2/c1-2-4-10(5-3-1)19-12-15-13-11(14-16-12)17-6-8-18-9-7-17/h1-5H,6-9H2. The van der Waals surface area contributed by atoms with Gasteiger partial charge in [0.1, 0.15) is 5.75 Å². The highest BCUT2D eigenvalue weighted by atomic mass is 16.5. The number of nitrogens with zero attached hydrogens (tertiary/aromatic N) is 5. The number of para-hydroxylation sites is 1. The summed E-state index contributed by atoms with van der Waals surface area (Å²) in [7, 11) is 0. The predicted octanol–water partition coefficient (Wildman–Crippen LogP) is 0.895. The van der Waals surface area contributed by atoms with Crippen molar-refractivity contribution >= 4 is 5.95 Å². The van der Waals surface area contributed by atoms with Crippen LogP contribution in [0.25, 0.3) is 0 Å². The fourth-order valence-electron chi connectivity index (χ4n) is 1.74. The summed E-state index contributed by atoms with van der Waals surface area (Å²) in [6, 6.07) is 9.43. The van der Waals surface area contributed by atoms with Gasteiger partial charge >= 0.3 is 6.01 Å². The fourth-order valence-corrected chi connectivity index (χ4v) is 1.74. The number of ether oxygens (including phenoxy) is 2. The van der Waals surface area contributed by atoms with Gasteiger partial charge in [-0.3, -0.25) is 0 Å². The third-order valence-corrected chi connectivity index (χ3v) is 2.70. The van der Waals surface area contributed by atoms with Gasteiger partial charge in [-0.1, -0.05) is 28.4 Å². The Balaban J connectivity index is 1.68. The molecule has 0 saturated carbocycles. The van der Waals surface area contributed by atoms with Crippen molar-refractivity contribution in [1.29, 1.82) is 0 Å². The van der Waals surface area contributed by atoms with Crippen LogP contribution in [-0.4, -0.2) is 46.7 Å². The monoisotopic (exact) mass is 259 g/mol. The van der Waals surface area contributed by atoms with E-state index in [1.54, 1.807) is 0 Å². The first-order valence-electron chi connectivity index (χ1n) is 6.05. The van der Waals surface area contributed by atoms with E-state index in [0.717, 1.165) is 13.1 Å². The van der Waals surface area contributed by atoms with Gasteiger partial charge in [0, 0.05) is 13.1 Å². The lowest BCUT2D eigenvalue weighted by Gasteiger charge is -2.25. The molecule has 1 aliphatic rings. The van der Waals surface area contributed by atoms with Gasteiger partial charge in [-0.05, 0) is 12.1 Å². The molecule has 0 aliphatic carbocycles. The van der Waals surface area contributed by atoms with Crippen molar-refractivity contribution in [3.63, 3.8) is 0 Å². The molecule has 0 radical (unpaired) electrons. The van der Waals surface area contributed by atoms with E-state index in [4.69, 9.17) is 9.47 Å². The molecule has 1 aromatic carbocycles. The van der Waals surface area contributed by atoms with E-state index >= 15 is 0 Å². The van der Waals surface area contributed by atoms with Gasteiger partial charge in [-0.2, -0.15) is 0 Å². The van der Waals surface area contributed by atoms with Crippen molar-refractivity contribution in [1.82, 2.24) is 20.4 Å². The molecule has 0 N–H and O–H groups in total. The normalized spacial score (nSPS) is 15.3. The molecule has 1 saturated heterocycles. The van der Waals surface area contributed by atoms with Crippen LogP contribution in [0.5, 0.6) is 11.8 Å². The van der Waals surface area contributed by atoms with Crippen molar-refractivity contribution in [2.24, 2.45) is 0 Å². The molecule has 3 rings (SSSR count). The maximum Gasteiger partial charge on any atom is 0.360 e. The largest absolute Gasteiger partial charge is 0.422 e. The Bertz CT molecular complexity index is 513. The van der Waals surface area contributed by atoms with E-state index in [2.05, 4.69) is 20.4 Å². The third kappa shape index (κ3) is 2.94. The summed E-state index contributed by atoms with van der Waals surface area (Å²) in [6.45, 7) is 2.85. The molecule has 19 heavy (non-hydrogen) atoms. The first kappa shape index (κ1) is 11.8.